The second kappa shape index (κ2) is 4.69. The van der Waals surface area contributed by atoms with E-state index in [1.807, 2.05) is 0 Å². The van der Waals surface area contributed by atoms with Crippen molar-refractivity contribution in [3.05, 3.63) is 0 Å². The van der Waals surface area contributed by atoms with Gasteiger partial charge < -0.3 is 20.7 Å². The summed E-state index contributed by atoms with van der Waals surface area (Å²) in [5.74, 6) is 0.151. The standard InChI is InChI=1S/C10H17N3O3/c11-10(15)12-8-1-3-13(5-8)9(14)7-2-4-16-6-7/h7-8H,1-6H2,(H3,11,12,15)/t7-,8+/m1/s1. The molecular weight excluding hydrogens is 210 g/mol. The predicted octanol–water partition coefficient (Wildman–Crippen LogP) is -0.708. The lowest BCUT2D eigenvalue weighted by Gasteiger charge is -2.19. The number of rotatable bonds is 2. The first kappa shape index (κ1) is 11.2. The Hall–Kier alpha value is -1.30. The number of amides is 3. The van der Waals surface area contributed by atoms with Gasteiger partial charge >= 0.3 is 6.03 Å². The molecule has 0 spiro atoms. The number of hydrogen-bond donors (Lipinski definition) is 2. The number of nitrogens with two attached hydrogens (primary N) is 1. The minimum Gasteiger partial charge on any atom is -0.381 e. The van der Waals surface area contributed by atoms with Gasteiger partial charge in [0.2, 0.25) is 5.91 Å². The number of nitrogens with zero attached hydrogens (tertiary/aromatic N) is 1. The van der Waals surface area contributed by atoms with Crippen LogP contribution in [0.5, 0.6) is 0 Å². The Morgan fingerprint density at radius 1 is 1.38 bits per heavy atom. The van der Waals surface area contributed by atoms with Crippen LogP contribution in [0.4, 0.5) is 4.79 Å². The third-order valence-electron chi connectivity index (χ3n) is 3.13. The van der Waals surface area contributed by atoms with Crippen molar-refractivity contribution in [3.63, 3.8) is 0 Å². The van der Waals surface area contributed by atoms with Crippen LogP contribution in [0.2, 0.25) is 0 Å². The highest BCUT2D eigenvalue weighted by Gasteiger charge is 2.32. The van der Waals surface area contributed by atoms with Crippen molar-refractivity contribution >= 4 is 11.9 Å². The topological polar surface area (TPSA) is 84.7 Å². The van der Waals surface area contributed by atoms with E-state index >= 15 is 0 Å². The zero-order valence-electron chi connectivity index (χ0n) is 9.15. The number of primary amides is 1. The lowest BCUT2D eigenvalue weighted by molar-refractivity contribution is -0.134. The average Bonchev–Trinajstić information content (AvgIpc) is 2.84. The monoisotopic (exact) mass is 227 g/mol. The molecule has 2 saturated heterocycles. The number of carbonyl (C=O) groups is 2. The molecule has 3 amide bonds. The molecule has 0 aliphatic carbocycles. The van der Waals surface area contributed by atoms with Crippen LogP contribution < -0.4 is 11.1 Å². The van der Waals surface area contributed by atoms with Crippen LogP contribution in [0.1, 0.15) is 12.8 Å². The molecule has 2 atom stereocenters. The molecule has 0 aromatic rings. The fraction of sp³-hybridized carbons (Fsp3) is 0.800. The molecule has 16 heavy (non-hydrogen) atoms. The quantitative estimate of drug-likeness (QED) is 0.653. The van der Waals surface area contributed by atoms with Crippen LogP contribution in [0.3, 0.4) is 0 Å². The molecule has 3 N–H and O–H groups in total. The first-order chi connectivity index (χ1) is 7.66. The van der Waals surface area contributed by atoms with Crippen LogP contribution in [-0.2, 0) is 9.53 Å². The number of urea groups is 1. The molecule has 2 aliphatic rings. The largest absolute Gasteiger partial charge is 0.381 e. The summed E-state index contributed by atoms with van der Waals surface area (Å²) in [6.07, 6.45) is 1.59. The lowest BCUT2D eigenvalue weighted by atomic mass is 10.1. The molecule has 0 radical (unpaired) electrons. The van der Waals surface area contributed by atoms with Crippen LogP contribution in [0.25, 0.3) is 0 Å². The zero-order chi connectivity index (χ0) is 11.5. The van der Waals surface area contributed by atoms with Crippen molar-refractivity contribution < 1.29 is 14.3 Å². The maximum absolute atomic E-state index is 12.0. The van der Waals surface area contributed by atoms with E-state index < -0.39 is 6.03 Å². The maximum atomic E-state index is 12.0. The van der Waals surface area contributed by atoms with Crippen molar-refractivity contribution in [1.29, 1.82) is 0 Å². The molecule has 6 heteroatoms. The van der Waals surface area contributed by atoms with E-state index in [0.717, 1.165) is 12.8 Å². The maximum Gasteiger partial charge on any atom is 0.312 e. The molecule has 2 fully saturated rings. The normalized spacial score (nSPS) is 29.4. The van der Waals surface area contributed by atoms with E-state index in [-0.39, 0.29) is 17.9 Å². The van der Waals surface area contributed by atoms with E-state index in [0.29, 0.717) is 26.3 Å². The smallest absolute Gasteiger partial charge is 0.312 e. The summed E-state index contributed by atoms with van der Waals surface area (Å²) in [4.78, 5) is 24.4. The highest BCUT2D eigenvalue weighted by molar-refractivity contribution is 5.79. The first-order valence-corrected chi connectivity index (χ1v) is 5.59. The first-order valence-electron chi connectivity index (χ1n) is 5.59. The molecule has 0 bridgehead atoms. The van der Waals surface area contributed by atoms with Crippen LogP contribution in [0, 0.1) is 5.92 Å². The summed E-state index contributed by atoms with van der Waals surface area (Å²) >= 11 is 0. The molecule has 0 saturated carbocycles. The number of likely N-dealkylation sites (tertiary alicyclic amines) is 1. The lowest BCUT2D eigenvalue weighted by Crippen LogP contribution is -2.42. The summed E-state index contributed by atoms with van der Waals surface area (Å²) in [6, 6.07) is -0.521. The number of nitrogens with one attached hydrogen (secondary N) is 1. The molecule has 2 heterocycles. The summed E-state index contributed by atoms with van der Waals surface area (Å²) in [5, 5.41) is 2.63. The van der Waals surface area contributed by atoms with E-state index in [9.17, 15) is 9.59 Å². The van der Waals surface area contributed by atoms with Gasteiger partial charge in [-0.1, -0.05) is 0 Å². The van der Waals surface area contributed by atoms with Gasteiger partial charge in [0.15, 0.2) is 0 Å². The Kier molecular flexibility index (Phi) is 3.28. The van der Waals surface area contributed by atoms with Crippen LogP contribution >= 0.6 is 0 Å². The summed E-state index contributed by atoms with van der Waals surface area (Å²) in [6.45, 7) is 2.47. The molecule has 0 unspecified atom stereocenters. The van der Waals surface area contributed by atoms with Gasteiger partial charge in [-0.15, -0.1) is 0 Å². The fourth-order valence-electron chi connectivity index (χ4n) is 2.27. The van der Waals surface area contributed by atoms with Gasteiger partial charge in [-0.3, -0.25) is 4.79 Å². The molecule has 2 aliphatic heterocycles. The van der Waals surface area contributed by atoms with Crippen LogP contribution in [0.15, 0.2) is 0 Å². The minimum absolute atomic E-state index is 0.00349. The number of carbonyl (C=O) groups excluding carboxylic acids is 2. The molecule has 0 aromatic carbocycles. The molecule has 90 valence electrons. The van der Waals surface area contributed by atoms with Crippen molar-refractivity contribution in [1.82, 2.24) is 10.2 Å². The van der Waals surface area contributed by atoms with Gasteiger partial charge in [0.1, 0.15) is 0 Å². The van der Waals surface area contributed by atoms with Gasteiger partial charge in [0.05, 0.1) is 12.5 Å². The molecule has 2 rings (SSSR count). The van der Waals surface area contributed by atoms with Crippen molar-refractivity contribution in [2.45, 2.75) is 18.9 Å². The van der Waals surface area contributed by atoms with Gasteiger partial charge in [-0.25, -0.2) is 4.79 Å². The Morgan fingerprint density at radius 2 is 2.19 bits per heavy atom. The summed E-state index contributed by atoms with van der Waals surface area (Å²) in [5.41, 5.74) is 5.04. The highest BCUT2D eigenvalue weighted by atomic mass is 16.5. The minimum atomic E-state index is -0.525. The Labute approximate surface area is 94.1 Å². The Balaban J connectivity index is 1.83. The Morgan fingerprint density at radius 3 is 2.81 bits per heavy atom. The van der Waals surface area contributed by atoms with E-state index in [1.54, 1.807) is 4.90 Å². The SMILES string of the molecule is NC(=O)N[C@H]1CCN(C(=O)[C@@H]2CCOC2)C1. The highest BCUT2D eigenvalue weighted by Crippen LogP contribution is 2.19. The summed E-state index contributed by atoms with van der Waals surface area (Å²) < 4.78 is 5.19. The van der Waals surface area contributed by atoms with E-state index in [2.05, 4.69) is 5.32 Å². The van der Waals surface area contributed by atoms with Gasteiger partial charge in [-0.2, -0.15) is 0 Å². The van der Waals surface area contributed by atoms with Gasteiger partial charge in [-0.05, 0) is 12.8 Å². The number of ether oxygens (including phenoxy) is 1. The predicted molar refractivity (Wildman–Crippen MR) is 56.6 cm³/mol. The second-order valence-electron chi connectivity index (χ2n) is 4.34. The van der Waals surface area contributed by atoms with Crippen molar-refractivity contribution in [2.24, 2.45) is 11.7 Å². The van der Waals surface area contributed by atoms with Gasteiger partial charge in [0, 0.05) is 25.7 Å². The molecule has 6 nitrogen and oxygen atoms in total. The molecule has 0 aromatic heterocycles. The third kappa shape index (κ3) is 2.44. The van der Waals surface area contributed by atoms with Crippen molar-refractivity contribution in [3.8, 4) is 0 Å². The van der Waals surface area contributed by atoms with Crippen molar-refractivity contribution in [2.75, 3.05) is 26.3 Å². The second-order valence-corrected chi connectivity index (χ2v) is 4.34. The van der Waals surface area contributed by atoms with Crippen LogP contribution in [-0.4, -0.2) is 49.2 Å². The summed E-state index contributed by atoms with van der Waals surface area (Å²) in [7, 11) is 0. The fourth-order valence-corrected chi connectivity index (χ4v) is 2.27. The van der Waals surface area contributed by atoms with Gasteiger partial charge in [0.25, 0.3) is 0 Å². The number of hydrogen-bond acceptors (Lipinski definition) is 3. The third-order valence-corrected chi connectivity index (χ3v) is 3.13. The zero-order valence-corrected chi connectivity index (χ0v) is 9.15. The van der Waals surface area contributed by atoms with E-state index in [4.69, 9.17) is 10.5 Å². The molecular formula is C10H17N3O3. The average molecular weight is 227 g/mol. The Bertz CT molecular complexity index is 289. The van der Waals surface area contributed by atoms with E-state index in [1.165, 1.54) is 0 Å².